The van der Waals surface area contributed by atoms with Crippen molar-refractivity contribution >= 4 is 10.0 Å². The Kier molecular flexibility index (Phi) is 5.11. The number of rotatable bonds is 5. The Bertz CT molecular complexity index is 522. The topological polar surface area (TPSA) is 72.9 Å². The molecule has 0 unspecified atom stereocenters. The summed E-state index contributed by atoms with van der Waals surface area (Å²) in [6, 6.07) is 6.94. The molecule has 7 heteroatoms. The molecule has 20 heavy (non-hydrogen) atoms. The summed E-state index contributed by atoms with van der Waals surface area (Å²) in [6.07, 6.45) is 0. The summed E-state index contributed by atoms with van der Waals surface area (Å²) in [7, 11) is -1.35. The molecule has 0 bridgehead atoms. The second kappa shape index (κ2) is 6.64. The van der Waals surface area contributed by atoms with Gasteiger partial charge >= 0.3 is 0 Å². The van der Waals surface area contributed by atoms with Crippen LogP contribution in [0.25, 0.3) is 0 Å². The lowest BCUT2D eigenvalue weighted by molar-refractivity contribution is 0.134. The minimum Gasteiger partial charge on any atom is -0.392 e. The predicted octanol–water partition coefficient (Wildman–Crippen LogP) is -0.239. The van der Waals surface area contributed by atoms with Crippen molar-refractivity contribution in [2.45, 2.75) is 12.4 Å². The Morgan fingerprint density at radius 2 is 1.65 bits per heavy atom. The van der Waals surface area contributed by atoms with E-state index in [1.807, 2.05) is 7.05 Å². The van der Waals surface area contributed by atoms with Crippen LogP contribution >= 0.6 is 0 Å². The zero-order valence-corrected chi connectivity index (χ0v) is 12.4. The minimum atomic E-state index is -3.38. The number of sulfonamides is 1. The smallest absolute Gasteiger partial charge is 0.228 e. The molecule has 1 aromatic carbocycles. The summed E-state index contributed by atoms with van der Waals surface area (Å²) in [6.45, 7) is 3.06. The number of likely N-dealkylation sites (N-methyl/N-ethyl adjacent to an activating group) is 1. The van der Waals surface area contributed by atoms with Crippen molar-refractivity contribution in [2.75, 3.05) is 33.2 Å². The first-order valence-electron chi connectivity index (χ1n) is 6.61. The van der Waals surface area contributed by atoms with Crippen LogP contribution in [0.2, 0.25) is 0 Å². The molecule has 0 aromatic heterocycles. The minimum absolute atomic E-state index is 0.0351. The maximum atomic E-state index is 12.1. The first-order valence-corrected chi connectivity index (χ1v) is 8.26. The van der Waals surface area contributed by atoms with Crippen LogP contribution in [0.4, 0.5) is 0 Å². The second-order valence-corrected chi connectivity index (χ2v) is 6.82. The monoisotopic (exact) mass is 299 g/mol. The molecule has 1 aliphatic heterocycles. The summed E-state index contributed by atoms with van der Waals surface area (Å²) in [5, 5.41) is 10.7. The summed E-state index contributed by atoms with van der Waals surface area (Å²) < 4.78 is 24.2. The quantitative estimate of drug-likeness (QED) is 0.785. The second-order valence-electron chi connectivity index (χ2n) is 5.12. The van der Waals surface area contributed by atoms with Gasteiger partial charge in [0.1, 0.15) is 0 Å². The highest BCUT2D eigenvalue weighted by Crippen LogP contribution is 2.08. The van der Waals surface area contributed by atoms with Gasteiger partial charge in [-0.2, -0.15) is 0 Å². The van der Waals surface area contributed by atoms with E-state index in [-0.39, 0.29) is 12.4 Å². The van der Waals surface area contributed by atoms with Crippen molar-refractivity contribution in [3.8, 4) is 0 Å². The Morgan fingerprint density at radius 1 is 1.10 bits per heavy atom. The van der Waals surface area contributed by atoms with Crippen LogP contribution in [0, 0.1) is 0 Å². The Labute approximate surface area is 120 Å². The maximum absolute atomic E-state index is 12.1. The average molecular weight is 299 g/mol. The Hall–Kier alpha value is -0.990. The van der Waals surface area contributed by atoms with Gasteiger partial charge in [-0.05, 0) is 18.2 Å². The SMILES string of the molecule is CN1CCN(NS(=O)(=O)Cc2ccc(CO)cc2)CC1. The molecular formula is C13H21N3O3S. The van der Waals surface area contributed by atoms with Crippen molar-refractivity contribution in [3.63, 3.8) is 0 Å². The number of piperazine rings is 1. The van der Waals surface area contributed by atoms with E-state index in [2.05, 4.69) is 9.73 Å². The molecule has 1 saturated heterocycles. The van der Waals surface area contributed by atoms with Gasteiger partial charge in [-0.3, -0.25) is 0 Å². The van der Waals surface area contributed by atoms with Crippen LogP contribution in [0.15, 0.2) is 24.3 Å². The van der Waals surface area contributed by atoms with E-state index in [1.54, 1.807) is 29.3 Å². The first-order chi connectivity index (χ1) is 9.48. The van der Waals surface area contributed by atoms with Crippen molar-refractivity contribution in [1.82, 2.24) is 14.7 Å². The molecule has 6 nitrogen and oxygen atoms in total. The van der Waals surface area contributed by atoms with E-state index in [4.69, 9.17) is 5.11 Å². The normalized spacial score (nSPS) is 18.3. The zero-order valence-electron chi connectivity index (χ0n) is 11.6. The van der Waals surface area contributed by atoms with E-state index in [1.165, 1.54) is 0 Å². The number of hydrogen-bond donors (Lipinski definition) is 2. The molecule has 0 atom stereocenters. The van der Waals surface area contributed by atoms with Crippen LogP contribution in [-0.2, 0) is 22.4 Å². The molecule has 0 spiro atoms. The number of aliphatic hydroxyl groups is 1. The van der Waals surface area contributed by atoms with E-state index < -0.39 is 10.0 Å². The fourth-order valence-corrected chi connectivity index (χ4v) is 3.36. The molecule has 2 N–H and O–H groups in total. The fraction of sp³-hybridized carbons (Fsp3) is 0.538. The number of hydrazine groups is 1. The van der Waals surface area contributed by atoms with E-state index >= 15 is 0 Å². The average Bonchev–Trinajstić information content (AvgIpc) is 2.41. The van der Waals surface area contributed by atoms with Crippen LogP contribution in [0.3, 0.4) is 0 Å². The highest BCUT2D eigenvalue weighted by atomic mass is 32.2. The lowest BCUT2D eigenvalue weighted by atomic mass is 10.2. The molecule has 0 saturated carbocycles. The number of aliphatic hydroxyl groups excluding tert-OH is 1. The molecule has 1 heterocycles. The summed E-state index contributed by atoms with van der Waals surface area (Å²) in [4.78, 5) is 4.79. The first kappa shape index (κ1) is 15.4. The largest absolute Gasteiger partial charge is 0.392 e. The van der Waals surface area contributed by atoms with Gasteiger partial charge in [0.05, 0.1) is 12.4 Å². The van der Waals surface area contributed by atoms with Gasteiger partial charge in [-0.25, -0.2) is 13.4 Å². The van der Waals surface area contributed by atoms with E-state index in [9.17, 15) is 8.42 Å². The number of hydrogen-bond acceptors (Lipinski definition) is 5. The van der Waals surface area contributed by atoms with E-state index in [0.717, 1.165) is 18.7 Å². The van der Waals surface area contributed by atoms with Crippen molar-refractivity contribution in [1.29, 1.82) is 0 Å². The van der Waals surface area contributed by atoms with Gasteiger partial charge in [0.2, 0.25) is 10.0 Å². The van der Waals surface area contributed by atoms with Crippen LogP contribution in [0.5, 0.6) is 0 Å². The third kappa shape index (κ3) is 4.53. The van der Waals surface area contributed by atoms with Crippen molar-refractivity contribution < 1.29 is 13.5 Å². The van der Waals surface area contributed by atoms with Gasteiger partial charge < -0.3 is 10.0 Å². The van der Waals surface area contributed by atoms with Gasteiger partial charge in [0.15, 0.2) is 0 Å². The molecule has 2 rings (SSSR count). The lowest BCUT2D eigenvalue weighted by Crippen LogP contribution is -2.52. The van der Waals surface area contributed by atoms with Gasteiger partial charge in [0, 0.05) is 26.2 Å². The Balaban J connectivity index is 1.92. The van der Waals surface area contributed by atoms with Crippen LogP contribution in [-0.4, -0.2) is 56.7 Å². The third-order valence-electron chi connectivity index (χ3n) is 3.33. The van der Waals surface area contributed by atoms with Crippen LogP contribution < -0.4 is 4.83 Å². The van der Waals surface area contributed by atoms with Gasteiger partial charge in [-0.1, -0.05) is 24.3 Å². The summed E-state index contributed by atoms with van der Waals surface area (Å²) >= 11 is 0. The molecule has 0 aliphatic carbocycles. The zero-order chi connectivity index (χ0) is 14.6. The number of nitrogens with zero attached hydrogens (tertiary/aromatic N) is 2. The summed E-state index contributed by atoms with van der Waals surface area (Å²) in [5.41, 5.74) is 1.49. The number of benzene rings is 1. The lowest BCUT2D eigenvalue weighted by Gasteiger charge is -2.32. The highest BCUT2D eigenvalue weighted by Gasteiger charge is 2.19. The molecule has 1 aromatic rings. The fourth-order valence-electron chi connectivity index (χ4n) is 2.09. The molecule has 0 amide bonds. The molecule has 0 radical (unpaired) electrons. The Morgan fingerprint density at radius 3 is 2.20 bits per heavy atom. The molecule has 1 fully saturated rings. The molecule has 1 aliphatic rings. The summed E-state index contributed by atoms with van der Waals surface area (Å²) in [5.74, 6) is -0.0505. The maximum Gasteiger partial charge on any atom is 0.228 e. The molecular weight excluding hydrogens is 278 g/mol. The van der Waals surface area contributed by atoms with Gasteiger partial charge in [0.25, 0.3) is 0 Å². The van der Waals surface area contributed by atoms with Crippen LogP contribution in [0.1, 0.15) is 11.1 Å². The van der Waals surface area contributed by atoms with Crippen molar-refractivity contribution in [2.24, 2.45) is 0 Å². The van der Waals surface area contributed by atoms with Gasteiger partial charge in [-0.15, -0.1) is 4.83 Å². The standard InChI is InChI=1S/C13H21N3O3S/c1-15-6-8-16(9-7-15)14-20(18,19)11-13-4-2-12(10-17)3-5-13/h2-5,14,17H,6-11H2,1H3. The number of nitrogens with one attached hydrogen (secondary N) is 1. The predicted molar refractivity (Wildman–Crippen MR) is 77.2 cm³/mol. The van der Waals surface area contributed by atoms with Crippen molar-refractivity contribution in [3.05, 3.63) is 35.4 Å². The highest BCUT2D eigenvalue weighted by molar-refractivity contribution is 7.88. The third-order valence-corrected chi connectivity index (χ3v) is 4.58. The van der Waals surface area contributed by atoms with E-state index in [0.29, 0.717) is 18.7 Å². The molecule has 112 valence electrons.